The maximum atomic E-state index is 5.98. The highest BCUT2D eigenvalue weighted by Gasteiger charge is 2.12. The van der Waals surface area contributed by atoms with E-state index in [4.69, 9.17) is 9.47 Å². The molecule has 26 heavy (non-hydrogen) atoms. The number of ether oxygens (including phenoxy) is 2. The van der Waals surface area contributed by atoms with Crippen molar-refractivity contribution in [3.05, 3.63) is 60.2 Å². The van der Waals surface area contributed by atoms with E-state index in [0.717, 1.165) is 30.1 Å². The van der Waals surface area contributed by atoms with Gasteiger partial charge in [-0.1, -0.05) is 42.5 Å². The lowest BCUT2D eigenvalue weighted by Gasteiger charge is -2.32. The summed E-state index contributed by atoms with van der Waals surface area (Å²) >= 11 is 0. The van der Waals surface area contributed by atoms with E-state index in [1.165, 1.54) is 39.1 Å². The molecular formula is C22H30N2O2. The second-order valence-electron chi connectivity index (χ2n) is 6.92. The van der Waals surface area contributed by atoms with E-state index in [2.05, 4.69) is 29.0 Å². The predicted molar refractivity (Wildman–Crippen MR) is 106 cm³/mol. The minimum absolute atomic E-state index is 0.560. The number of hydrogen-bond donors (Lipinski definition) is 0. The molecule has 0 unspecified atom stereocenters. The van der Waals surface area contributed by atoms with Crippen molar-refractivity contribution in [2.75, 3.05) is 46.4 Å². The van der Waals surface area contributed by atoms with Crippen molar-refractivity contribution in [2.24, 2.45) is 0 Å². The fourth-order valence-corrected chi connectivity index (χ4v) is 3.12. The van der Waals surface area contributed by atoms with Crippen LogP contribution in [0.15, 0.2) is 54.6 Å². The Kier molecular flexibility index (Phi) is 7.35. The molecule has 2 aromatic carbocycles. The Hall–Kier alpha value is -2.04. The molecule has 1 aliphatic heterocycles. The molecule has 0 saturated carbocycles. The molecule has 1 saturated heterocycles. The van der Waals surface area contributed by atoms with E-state index in [1.54, 1.807) is 0 Å². The topological polar surface area (TPSA) is 24.9 Å². The fourth-order valence-electron chi connectivity index (χ4n) is 3.12. The predicted octanol–water partition coefficient (Wildman–Crippen LogP) is 3.67. The van der Waals surface area contributed by atoms with Gasteiger partial charge in [-0.2, -0.15) is 0 Å². The Morgan fingerprint density at radius 1 is 0.769 bits per heavy atom. The maximum Gasteiger partial charge on any atom is 0.161 e. The molecule has 0 spiro atoms. The van der Waals surface area contributed by atoms with Crippen molar-refractivity contribution in [3.63, 3.8) is 0 Å². The van der Waals surface area contributed by atoms with Crippen molar-refractivity contribution in [2.45, 2.75) is 19.4 Å². The van der Waals surface area contributed by atoms with Gasteiger partial charge in [0.2, 0.25) is 0 Å². The van der Waals surface area contributed by atoms with Crippen LogP contribution in [0.1, 0.15) is 18.4 Å². The molecule has 0 N–H and O–H groups in total. The smallest absolute Gasteiger partial charge is 0.161 e. The van der Waals surface area contributed by atoms with Crippen molar-refractivity contribution >= 4 is 0 Å². The molecule has 1 heterocycles. The van der Waals surface area contributed by atoms with Gasteiger partial charge in [-0.25, -0.2) is 0 Å². The van der Waals surface area contributed by atoms with E-state index < -0.39 is 0 Å². The lowest BCUT2D eigenvalue weighted by atomic mass is 10.2. The van der Waals surface area contributed by atoms with E-state index in [1.807, 2.05) is 42.5 Å². The lowest BCUT2D eigenvalue weighted by Crippen LogP contribution is -2.44. The molecule has 0 bridgehead atoms. The van der Waals surface area contributed by atoms with Crippen molar-refractivity contribution in [1.82, 2.24) is 9.80 Å². The van der Waals surface area contributed by atoms with Gasteiger partial charge in [0.05, 0.1) is 6.61 Å². The zero-order chi connectivity index (χ0) is 18.0. The third-order valence-electron chi connectivity index (χ3n) is 4.81. The van der Waals surface area contributed by atoms with Crippen molar-refractivity contribution in [1.29, 1.82) is 0 Å². The molecule has 0 radical (unpaired) electrons. The molecule has 4 heteroatoms. The molecule has 2 aromatic rings. The van der Waals surface area contributed by atoms with Gasteiger partial charge in [0.25, 0.3) is 0 Å². The van der Waals surface area contributed by atoms with Crippen LogP contribution in [0.2, 0.25) is 0 Å². The summed E-state index contributed by atoms with van der Waals surface area (Å²) in [5, 5.41) is 0. The van der Waals surface area contributed by atoms with Crippen LogP contribution in [-0.4, -0.2) is 56.2 Å². The van der Waals surface area contributed by atoms with Crippen LogP contribution in [0.3, 0.4) is 0 Å². The number of para-hydroxylation sites is 2. The first-order valence-corrected chi connectivity index (χ1v) is 9.61. The van der Waals surface area contributed by atoms with Gasteiger partial charge < -0.3 is 19.3 Å². The van der Waals surface area contributed by atoms with E-state index >= 15 is 0 Å². The molecule has 0 atom stereocenters. The van der Waals surface area contributed by atoms with Crippen molar-refractivity contribution in [3.8, 4) is 11.5 Å². The maximum absolute atomic E-state index is 5.98. The monoisotopic (exact) mass is 354 g/mol. The highest BCUT2D eigenvalue weighted by atomic mass is 16.5. The minimum atomic E-state index is 0.560. The Morgan fingerprint density at radius 2 is 1.42 bits per heavy atom. The van der Waals surface area contributed by atoms with Gasteiger partial charge >= 0.3 is 0 Å². The van der Waals surface area contributed by atoms with Crippen LogP contribution in [0.4, 0.5) is 0 Å². The molecule has 140 valence electrons. The van der Waals surface area contributed by atoms with Gasteiger partial charge in [0.1, 0.15) is 6.61 Å². The third kappa shape index (κ3) is 6.04. The van der Waals surface area contributed by atoms with E-state index in [-0.39, 0.29) is 0 Å². The van der Waals surface area contributed by atoms with Gasteiger partial charge in [-0.3, -0.25) is 0 Å². The van der Waals surface area contributed by atoms with Crippen LogP contribution in [0.25, 0.3) is 0 Å². The largest absolute Gasteiger partial charge is 0.490 e. The molecule has 0 aromatic heterocycles. The Bertz CT molecular complexity index is 640. The second kappa shape index (κ2) is 10.2. The minimum Gasteiger partial charge on any atom is -0.490 e. The Balaban J connectivity index is 1.38. The average molecular weight is 354 g/mol. The molecule has 1 aliphatic rings. The van der Waals surface area contributed by atoms with Gasteiger partial charge in [0, 0.05) is 26.2 Å². The van der Waals surface area contributed by atoms with Crippen LogP contribution in [-0.2, 0) is 6.61 Å². The number of nitrogens with zero attached hydrogens (tertiary/aromatic N) is 2. The number of unbranched alkanes of at least 4 members (excludes halogenated alkanes) is 1. The van der Waals surface area contributed by atoms with Crippen LogP contribution in [0.5, 0.6) is 11.5 Å². The summed E-state index contributed by atoms with van der Waals surface area (Å²) in [6.07, 6.45) is 2.25. The van der Waals surface area contributed by atoms with E-state index in [9.17, 15) is 0 Å². The van der Waals surface area contributed by atoms with Gasteiger partial charge in [0.15, 0.2) is 11.5 Å². The Labute approximate surface area is 157 Å². The summed E-state index contributed by atoms with van der Waals surface area (Å²) in [5.41, 5.74) is 1.16. The van der Waals surface area contributed by atoms with Crippen molar-refractivity contribution < 1.29 is 9.47 Å². The Morgan fingerprint density at radius 3 is 2.15 bits per heavy atom. The summed E-state index contributed by atoms with van der Waals surface area (Å²) in [6.45, 7) is 7.21. The summed E-state index contributed by atoms with van der Waals surface area (Å²) in [4.78, 5) is 4.95. The number of hydrogen-bond acceptors (Lipinski definition) is 4. The molecule has 0 aliphatic carbocycles. The van der Waals surface area contributed by atoms with Crippen LogP contribution in [0, 0.1) is 0 Å². The zero-order valence-corrected chi connectivity index (χ0v) is 15.8. The van der Waals surface area contributed by atoms with E-state index in [0.29, 0.717) is 6.61 Å². The number of likely N-dealkylation sites (N-methyl/N-ethyl adjacent to an activating group) is 1. The summed E-state index contributed by atoms with van der Waals surface area (Å²) < 4.78 is 11.9. The van der Waals surface area contributed by atoms with Crippen LogP contribution >= 0.6 is 0 Å². The number of piperazine rings is 1. The number of rotatable bonds is 9. The molecule has 4 nitrogen and oxygen atoms in total. The molecule has 3 rings (SSSR count). The normalized spacial score (nSPS) is 15.7. The third-order valence-corrected chi connectivity index (χ3v) is 4.81. The first-order chi connectivity index (χ1) is 12.8. The second-order valence-corrected chi connectivity index (χ2v) is 6.92. The quantitative estimate of drug-likeness (QED) is 0.642. The highest BCUT2D eigenvalue weighted by molar-refractivity contribution is 5.39. The number of benzene rings is 2. The highest BCUT2D eigenvalue weighted by Crippen LogP contribution is 2.27. The average Bonchev–Trinajstić information content (AvgIpc) is 2.69. The summed E-state index contributed by atoms with van der Waals surface area (Å²) in [6, 6.07) is 18.2. The SMILES string of the molecule is CN1CCN(CCCCOc2ccccc2OCc2ccccc2)CC1. The molecule has 0 amide bonds. The van der Waals surface area contributed by atoms with Gasteiger partial charge in [-0.15, -0.1) is 0 Å². The molecular weight excluding hydrogens is 324 g/mol. The fraction of sp³-hybridized carbons (Fsp3) is 0.455. The lowest BCUT2D eigenvalue weighted by molar-refractivity contribution is 0.149. The summed E-state index contributed by atoms with van der Waals surface area (Å²) in [5.74, 6) is 1.65. The zero-order valence-electron chi connectivity index (χ0n) is 15.8. The molecule has 1 fully saturated rings. The standard InChI is InChI=1S/C22H30N2O2/c1-23-14-16-24(17-15-23)13-7-8-18-25-21-11-5-6-12-22(21)26-19-20-9-3-2-4-10-20/h2-6,9-12H,7-8,13-19H2,1H3. The van der Waals surface area contributed by atoms with Crippen LogP contribution < -0.4 is 9.47 Å². The van der Waals surface area contributed by atoms with Gasteiger partial charge in [-0.05, 0) is 44.1 Å². The first-order valence-electron chi connectivity index (χ1n) is 9.61. The first kappa shape index (κ1) is 18.7. The summed E-state index contributed by atoms with van der Waals surface area (Å²) in [7, 11) is 2.20.